The van der Waals surface area contributed by atoms with Gasteiger partial charge in [-0.25, -0.2) is 0 Å². The van der Waals surface area contributed by atoms with E-state index < -0.39 is 5.97 Å². The number of aromatic amines is 1. The molecule has 0 atom stereocenters. The molecule has 0 saturated heterocycles. The van der Waals surface area contributed by atoms with Gasteiger partial charge in [-0.05, 0) is 6.92 Å². The second kappa shape index (κ2) is 2.61. The molecule has 1 aromatic rings. The minimum atomic E-state index is -0.996. The van der Waals surface area contributed by atoms with E-state index in [1.807, 2.05) is 0 Å². The summed E-state index contributed by atoms with van der Waals surface area (Å²) in [6.45, 7) is 1.64. The molecule has 5 heteroatoms. The van der Waals surface area contributed by atoms with E-state index in [1.165, 1.54) is 0 Å². The molecule has 0 radical (unpaired) electrons. The minimum absolute atomic E-state index is 0.229. The third kappa shape index (κ3) is 1.70. The molecule has 1 rings (SSSR count). The van der Waals surface area contributed by atoms with Crippen LogP contribution >= 0.6 is 0 Å². The van der Waals surface area contributed by atoms with Crippen LogP contribution in [0.2, 0.25) is 0 Å². The number of aryl methyl sites for hydroxylation is 1. The number of hydrogen-bond acceptors (Lipinski definition) is 3. The lowest BCUT2D eigenvalue weighted by molar-refractivity contribution is -0.136. The molecule has 0 amide bonds. The lowest BCUT2D eigenvalue weighted by Gasteiger charge is -1.89. The van der Waals surface area contributed by atoms with Crippen LogP contribution in [0.15, 0.2) is 0 Å². The molecule has 1 aromatic heterocycles. The van der Waals surface area contributed by atoms with Crippen LogP contribution < -0.4 is 0 Å². The van der Waals surface area contributed by atoms with Crippen molar-refractivity contribution in [3.05, 3.63) is 11.5 Å². The number of carboxylic acids is 1. The molecule has 60 valence electrons. The molecule has 3 N–H and O–H groups in total. The Balaban J connectivity index is 2.85. The minimum Gasteiger partial charge on any atom is -0.492 e. The maximum Gasteiger partial charge on any atom is 0.309 e. The van der Waals surface area contributed by atoms with Crippen LogP contribution in [-0.4, -0.2) is 26.2 Å². The number of carbonyl (C=O) groups is 1. The highest BCUT2D eigenvalue weighted by molar-refractivity contribution is 5.70. The van der Waals surface area contributed by atoms with Crippen molar-refractivity contribution in [2.75, 3.05) is 0 Å². The van der Waals surface area contributed by atoms with Crippen molar-refractivity contribution < 1.29 is 15.0 Å². The molecule has 0 saturated carbocycles. The van der Waals surface area contributed by atoms with Crippen LogP contribution in [0, 0.1) is 6.92 Å². The quantitative estimate of drug-likeness (QED) is 0.564. The van der Waals surface area contributed by atoms with Gasteiger partial charge < -0.3 is 15.2 Å². The fourth-order valence-corrected chi connectivity index (χ4v) is 0.803. The van der Waals surface area contributed by atoms with Gasteiger partial charge in [-0.15, -0.1) is 0 Å². The standard InChI is InChI=1S/C6H8N2O3/c1-3-7-4(2-5(9)10)6(11)8-3/h11H,2H2,1H3,(H,7,8)(H,9,10). The van der Waals surface area contributed by atoms with E-state index in [0.717, 1.165) is 0 Å². The molecule has 0 bridgehead atoms. The maximum atomic E-state index is 10.2. The Labute approximate surface area is 62.7 Å². The zero-order chi connectivity index (χ0) is 8.43. The summed E-state index contributed by atoms with van der Waals surface area (Å²) in [6.07, 6.45) is -0.229. The van der Waals surface area contributed by atoms with Crippen LogP contribution in [0.4, 0.5) is 0 Å². The number of aromatic hydroxyl groups is 1. The number of rotatable bonds is 2. The van der Waals surface area contributed by atoms with Crippen molar-refractivity contribution in [3.63, 3.8) is 0 Å². The van der Waals surface area contributed by atoms with Gasteiger partial charge in [0.2, 0.25) is 5.88 Å². The first kappa shape index (κ1) is 7.59. The van der Waals surface area contributed by atoms with Crippen molar-refractivity contribution in [2.24, 2.45) is 0 Å². The monoisotopic (exact) mass is 156 g/mol. The number of aliphatic carboxylic acids is 1. The molecule has 0 aromatic carbocycles. The number of carboxylic acid groups (broad SMARTS) is 1. The predicted molar refractivity (Wildman–Crippen MR) is 36.3 cm³/mol. The summed E-state index contributed by atoms with van der Waals surface area (Å²) in [6, 6.07) is 0. The zero-order valence-corrected chi connectivity index (χ0v) is 5.96. The number of H-pyrrole nitrogens is 1. The van der Waals surface area contributed by atoms with E-state index in [4.69, 9.17) is 10.2 Å². The van der Waals surface area contributed by atoms with Crippen molar-refractivity contribution in [1.82, 2.24) is 9.97 Å². The molecule has 0 aliphatic rings. The Morgan fingerprint density at radius 1 is 1.73 bits per heavy atom. The molecule has 0 aliphatic heterocycles. The number of hydrogen-bond donors (Lipinski definition) is 3. The molecule has 0 spiro atoms. The highest BCUT2D eigenvalue weighted by Gasteiger charge is 2.09. The van der Waals surface area contributed by atoms with Gasteiger partial charge in [0, 0.05) is 0 Å². The van der Waals surface area contributed by atoms with Gasteiger partial charge in [0.1, 0.15) is 5.82 Å². The Morgan fingerprint density at radius 2 is 2.36 bits per heavy atom. The number of aromatic nitrogens is 2. The summed E-state index contributed by atoms with van der Waals surface area (Å²) in [5.74, 6) is -0.715. The lowest BCUT2D eigenvalue weighted by atomic mass is 10.3. The first-order valence-electron chi connectivity index (χ1n) is 3.06. The summed E-state index contributed by atoms with van der Waals surface area (Å²) in [4.78, 5) is 16.4. The van der Waals surface area contributed by atoms with Gasteiger partial charge in [-0.1, -0.05) is 0 Å². The highest BCUT2D eigenvalue weighted by atomic mass is 16.4. The van der Waals surface area contributed by atoms with E-state index in [9.17, 15) is 4.79 Å². The predicted octanol–water partition coefficient (Wildman–Crippen LogP) is 0.0508. The van der Waals surface area contributed by atoms with Gasteiger partial charge in [-0.2, -0.15) is 4.98 Å². The number of nitrogens with zero attached hydrogens (tertiary/aromatic N) is 1. The van der Waals surface area contributed by atoms with Crippen LogP contribution in [0.5, 0.6) is 5.88 Å². The Kier molecular flexibility index (Phi) is 1.80. The largest absolute Gasteiger partial charge is 0.492 e. The van der Waals surface area contributed by atoms with E-state index in [-0.39, 0.29) is 18.0 Å². The van der Waals surface area contributed by atoms with Crippen LogP contribution in [0.1, 0.15) is 11.5 Å². The molecule has 11 heavy (non-hydrogen) atoms. The smallest absolute Gasteiger partial charge is 0.309 e. The Bertz CT molecular complexity index is 279. The highest BCUT2D eigenvalue weighted by Crippen LogP contribution is 2.12. The van der Waals surface area contributed by atoms with Crippen LogP contribution in [0.25, 0.3) is 0 Å². The molecule has 0 unspecified atom stereocenters. The Morgan fingerprint density at radius 3 is 2.73 bits per heavy atom. The average Bonchev–Trinajstić information content (AvgIpc) is 2.09. The van der Waals surface area contributed by atoms with E-state index >= 15 is 0 Å². The van der Waals surface area contributed by atoms with Gasteiger partial charge in [0.25, 0.3) is 0 Å². The van der Waals surface area contributed by atoms with Crippen molar-refractivity contribution in [3.8, 4) is 5.88 Å². The second-order valence-corrected chi connectivity index (χ2v) is 2.19. The van der Waals surface area contributed by atoms with Crippen LogP contribution in [-0.2, 0) is 11.2 Å². The zero-order valence-electron chi connectivity index (χ0n) is 5.96. The number of imidazole rings is 1. The molecule has 1 heterocycles. The summed E-state index contributed by atoms with van der Waals surface area (Å²) in [7, 11) is 0. The van der Waals surface area contributed by atoms with E-state index in [2.05, 4.69) is 9.97 Å². The topological polar surface area (TPSA) is 86.2 Å². The summed E-state index contributed by atoms with van der Waals surface area (Å²) in [5, 5.41) is 17.3. The van der Waals surface area contributed by atoms with Gasteiger partial charge in [0.15, 0.2) is 0 Å². The maximum absolute atomic E-state index is 10.2. The fraction of sp³-hybridized carbons (Fsp3) is 0.333. The molecule has 5 nitrogen and oxygen atoms in total. The van der Waals surface area contributed by atoms with Crippen molar-refractivity contribution >= 4 is 5.97 Å². The summed E-state index contributed by atoms with van der Waals surface area (Å²) < 4.78 is 0. The van der Waals surface area contributed by atoms with Gasteiger partial charge in [0.05, 0.1) is 12.1 Å². The summed E-state index contributed by atoms with van der Waals surface area (Å²) in [5.41, 5.74) is 0.245. The molecule has 0 aliphatic carbocycles. The van der Waals surface area contributed by atoms with Gasteiger partial charge in [-0.3, -0.25) is 4.79 Å². The molecule has 0 fully saturated rings. The Hall–Kier alpha value is -1.52. The van der Waals surface area contributed by atoms with Crippen molar-refractivity contribution in [2.45, 2.75) is 13.3 Å². The lowest BCUT2D eigenvalue weighted by Crippen LogP contribution is -2.00. The van der Waals surface area contributed by atoms with Crippen molar-refractivity contribution in [1.29, 1.82) is 0 Å². The second-order valence-electron chi connectivity index (χ2n) is 2.19. The van der Waals surface area contributed by atoms with E-state index in [1.54, 1.807) is 6.92 Å². The molecular formula is C6H8N2O3. The third-order valence-electron chi connectivity index (χ3n) is 1.20. The average molecular weight is 156 g/mol. The van der Waals surface area contributed by atoms with Crippen LogP contribution in [0.3, 0.4) is 0 Å². The SMILES string of the molecule is Cc1nc(O)c(CC(=O)O)[nH]1. The first-order chi connectivity index (χ1) is 5.09. The third-order valence-corrected chi connectivity index (χ3v) is 1.20. The first-order valence-corrected chi connectivity index (χ1v) is 3.06. The number of nitrogens with one attached hydrogen (secondary N) is 1. The van der Waals surface area contributed by atoms with E-state index in [0.29, 0.717) is 5.82 Å². The van der Waals surface area contributed by atoms with Gasteiger partial charge >= 0.3 is 5.97 Å². The normalized spacial score (nSPS) is 9.91. The summed E-state index contributed by atoms with van der Waals surface area (Å²) >= 11 is 0. The fourth-order valence-electron chi connectivity index (χ4n) is 0.803. The molecular weight excluding hydrogens is 148 g/mol.